The van der Waals surface area contributed by atoms with Crippen LogP contribution >= 0.6 is 0 Å². The van der Waals surface area contributed by atoms with Crippen LogP contribution in [0.15, 0.2) is 30.3 Å². The number of carbonyl (C=O) groups is 7. The molecule has 2 saturated heterocycles. The summed E-state index contributed by atoms with van der Waals surface area (Å²) in [6.07, 6.45) is 2.78. The van der Waals surface area contributed by atoms with Gasteiger partial charge >= 0.3 is 6.21 Å². The Morgan fingerprint density at radius 1 is 0.896 bits per heavy atom. The summed E-state index contributed by atoms with van der Waals surface area (Å²) in [4.78, 5) is 96.6. The number of likely N-dealkylation sites (tertiary alicyclic amines) is 2. The van der Waals surface area contributed by atoms with E-state index in [-0.39, 0.29) is 44.1 Å². The molecule has 0 aliphatic carbocycles. The number of Topliss-reactive ketones (excluding diaryl/α,β-unsaturated/α-hetero) is 1. The molecular weight excluding hydrogens is 620 g/mol. The molecule has 2 aliphatic heterocycles. The van der Waals surface area contributed by atoms with Crippen molar-refractivity contribution in [2.24, 2.45) is 11.7 Å². The molecule has 3 rings (SSSR count). The second kappa shape index (κ2) is 17.9. The third-order valence-corrected chi connectivity index (χ3v) is 8.58. The molecule has 2 heterocycles. The largest absolute Gasteiger partial charge is 0.372 e. The van der Waals surface area contributed by atoms with Crippen molar-refractivity contribution < 1.29 is 38.4 Å². The Kier molecular flexibility index (Phi) is 14.0. The average Bonchev–Trinajstić information content (AvgIpc) is 3.73. The summed E-state index contributed by atoms with van der Waals surface area (Å²) >= 11 is 0. The summed E-state index contributed by atoms with van der Waals surface area (Å²) in [5, 5.41) is 8.12. The van der Waals surface area contributed by atoms with E-state index in [9.17, 15) is 33.6 Å². The van der Waals surface area contributed by atoms with Crippen LogP contribution < -0.4 is 21.7 Å². The van der Waals surface area contributed by atoms with Crippen LogP contribution in [-0.2, 0) is 40.0 Å². The van der Waals surface area contributed by atoms with Crippen LogP contribution in [0.5, 0.6) is 0 Å². The van der Waals surface area contributed by atoms with Gasteiger partial charge in [0.1, 0.15) is 30.2 Å². The molecule has 2 fully saturated rings. The number of carbonyl (C=O) groups excluding carboxylic acids is 7. The first kappa shape index (κ1) is 37.5. The number of ketones is 1. The SMILES string of the molecule is CC(=O)N1CCC[C@H]1C(=O)N[C@H](CCC(=O)C=[N+]=N)C(=O)N[C@@H](CC(C)C)C(=O)N1CCC[C@H]1C(=O)N[C@@H](Cc1ccccc1)C(N)=O. The van der Waals surface area contributed by atoms with Crippen LogP contribution in [0.2, 0.25) is 0 Å². The van der Waals surface area contributed by atoms with Gasteiger partial charge in [-0.15, -0.1) is 0 Å². The first-order chi connectivity index (χ1) is 22.8. The molecule has 2 aliphatic rings. The molecule has 0 spiro atoms. The minimum absolute atomic E-state index is 0.0512. The van der Waals surface area contributed by atoms with E-state index in [0.717, 1.165) is 11.8 Å². The second-order valence-corrected chi connectivity index (χ2v) is 12.7. The highest BCUT2D eigenvalue weighted by atomic mass is 16.2. The number of hydrogen-bond donors (Lipinski definition) is 5. The average molecular weight is 668 g/mol. The van der Waals surface area contributed by atoms with Gasteiger partial charge in [0, 0.05) is 32.9 Å². The fourth-order valence-corrected chi connectivity index (χ4v) is 6.18. The highest BCUT2D eigenvalue weighted by molar-refractivity contribution is 6.25. The van der Waals surface area contributed by atoms with Gasteiger partial charge in [0.2, 0.25) is 41.2 Å². The number of nitrogens with zero attached hydrogens (tertiary/aromatic N) is 3. The Labute approximate surface area is 279 Å². The lowest BCUT2D eigenvalue weighted by molar-refractivity contribution is -0.143. The van der Waals surface area contributed by atoms with Crippen LogP contribution in [0.4, 0.5) is 0 Å². The van der Waals surface area contributed by atoms with Gasteiger partial charge in [0.25, 0.3) is 0 Å². The Balaban J connectivity index is 1.77. The van der Waals surface area contributed by atoms with Crippen molar-refractivity contribution in [3.8, 4) is 0 Å². The number of amides is 6. The fourth-order valence-electron chi connectivity index (χ4n) is 6.18. The number of primary amides is 1. The highest BCUT2D eigenvalue weighted by Gasteiger charge is 2.40. The van der Waals surface area contributed by atoms with E-state index in [4.69, 9.17) is 11.3 Å². The van der Waals surface area contributed by atoms with E-state index in [1.807, 2.05) is 44.2 Å². The molecule has 1 aromatic carbocycles. The molecule has 0 radical (unpaired) electrons. The molecule has 0 unspecified atom stereocenters. The third-order valence-electron chi connectivity index (χ3n) is 8.58. The van der Waals surface area contributed by atoms with Crippen molar-refractivity contribution in [2.45, 2.75) is 102 Å². The summed E-state index contributed by atoms with van der Waals surface area (Å²) in [6.45, 7) is 5.77. The molecule has 15 nitrogen and oxygen atoms in total. The minimum Gasteiger partial charge on any atom is -0.368 e. The van der Waals surface area contributed by atoms with Crippen molar-refractivity contribution in [1.82, 2.24) is 25.8 Å². The first-order valence-corrected chi connectivity index (χ1v) is 16.4. The van der Waals surface area contributed by atoms with E-state index >= 15 is 0 Å². The van der Waals surface area contributed by atoms with Crippen molar-refractivity contribution >= 4 is 47.4 Å². The van der Waals surface area contributed by atoms with Crippen molar-refractivity contribution in [2.75, 3.05) is 13.1 Å². The predicted molar refractivity (Wildman–Crippen MR) is 173 cm³/mol. The molecule has 1 aromatic rings. The quantitative estimate of drug-likeness (QED) is 0.0911. The van der Waals surface area contributed by atoms with Gasteiger partial charge in [-0.2, -0.15) is 0 Å². The second-order valence-electron chi connectivity index (χ2n) is 12.7. The van der Waals surface area contributed by atoms with Gasteiger partial charge < -0.3 is 31.5 Å². The Bertz CT molecular complexity index is 1410. The van der Waals surface area contributed by atoms with Gasteiger partial charge in [0.15, 0.2) is 0 Å². The maximum absolute atomic E-state index is 14.0. The summed E-state index contributed by atoms with van der Waals surface area (Å²) in [5.74, 6) is -3.83. The smallest absolute Gasteiger partial charge is 0.368 e. The molecule has 6 N–H and O–H groups in total. The maximum Gasteiger partial charge on any atom is 0.372 e. The molecular formula is C33H47N8O7+. The van der Waals surface area contributed by atoms with E-state index in [0.29, 0.717) is 32.2 Å². The maximum atomic E-state index is 14.0. The van der Waals surface area contributed by atoms with E-state index in [1.165, 1.54) is 16.7 Å². The zero-order chi connectivity index (χ0) is 35.4. The molecule has 0 bridgehead atoms. The normalized spacial score (nSPS) is 19.1. The molecule has 5 atom stereocenters. The molecule has 15 heteroatoms. The minimum atomic E-state index is -1.23. The number of nitrogens with two attached hydrogens (primary N) is 1. The number of rotatable bonds is 16. The number of benzene rings is 1. The third kappa shape index (κ3) is 10.6. The Morgan fingerprint density at radius 2 is 1.48 bits per heavy atom. The zero-order valence-corrected chi connectivity index (χ0v) is 27.8. The van der Waals surface area contributed by atoms with Crippen LogP contribution in [0.25, 0.3) is 0 Å². The molecule has 48 heavy (non-hydrogen) atoms. The standard InChI is InChI=1S/C33H46N8O7/c1-20(2)17-26(33(48)41-16-8-12-28(41)32(47)38-25(29(34)44)18-22-9-5-4-6-10-22)39-30(45)24(14-13-23(43)19-36-35)37-31(46)27-11-7-15-40(27)21(3)42/h4-6,9-10,19-20,24-28,35H,7-8,11-18H2,1-3H3,(H4-,34,37,38,39,44,45,46,47)/p+1/t24-,25+,26+,27+,28+/m1/s1. The van der Waals surface area contributed by atoms with Crippen LogP contribution in [0.1, 0.15) is 71.3 Å². The summed E-state index contributed by atoms with van der Waals surface area (Å²) in [5.41, 5.74) is 13.3. The van der Waals surface area contributed by atoms with Gasteiger partial charge in [-0.3, -0.25) is 33.6 Å². The van der Waals surface area contributed by atoms with Gasteiger partial charge in [0.05, 0.1) is 10.3 Å². The lowest BCUT2D eigenvalue weighted by Gasteiger charge is -2.31. The van der Waals surface area contributed by atoms with E-state index in [2.05, 4.69) is 20.7 Å². The first-order valence-electron chi connectivity index (χ1n) is 16.4. The predicted octanol–water partition coefficient (Wildman–Crippen LogP) is -0.124. The van der Waals surface area contributed by atoms with E-state index < -0.39 is 65.5 Å². The lowest BCUT2D eigenvalue weighted by Crippen LogP contribution is -2.59. The van der Waals surface area contributed by atoms with Crippen LogP contribution in [0.3, 0.4) is 0 Å². The van der Waals surface area contributed by atoms with Gasteiger partial charge in [-0.25, -0.2) is 0 Å². The van der Waals surface area contributed by atoms with Gasteiger partial charge in [-0.1, -0.05) is 44.2 Å². The molecule has 0 saturated carbocycles. The van der Waals surface area contributed by atoms with Crippen molar-refractivity contribution in [1.29, 1.82) is 5.53 Å². The highest BCUT2D eigenvalue weighted by Crippen LogP contribution is 2.22. The molecule has 6 amide bonds. The number of nitrogens with one attached hydrogen (secondary N) is 4. The fraction of sp³-hybridized carbons (Fsp3) is 0.576. The summed E-state index contributed by atoms with van der Waals surface area (Å²) in [6, 6.07) is 4.13. The summed E-state index contributed by atoms with van der Waals surface area (Å²) in [7, 11) is 0. The molecule has 260 valence electrons. The van der Waals surface area contributed by atoms with Gasteiger partial charge in [-0.05, 0) is 50.0 Å². The Hall–Kier alpha value is -4.91. The molecule has 0 aromatic heterocycles. The number of hydrogen-bond acceptors (Lipinski definition) is 8. The topological polar surface area (TPSA) is 226 Å². The summed E-state index contributed by atoms with van der Waals surface area (Å²) < 4.78 is 0. The Morgan fingerprint density at radius 3 is 2.04 bits per heavy atom. The monoisotopic (exact) mass is 667 g/mol. The van der Waals surface area contributed by atoms with E-state index in [1.54, 1.807) is 0 Å². The van der Waals surface area contributed by atoms with Crippen LogP contribution in [-0.4, -0.2) is 105 Å². The zero-order valence-electron chi connectivity index (χ0n) is 27.8. The van der Waals surface area contributed by atoms with Crippen LogP contribution in [0, 0.1) is 11.4 Å². The van der Waals surface area contributed by atoms with Crippen molar-refractivity contribution in [3.05, 3.63) is 35.9 Å². The van der Waals surface area contributed by atoms with Crippen molar-refractivity contribution in [3.63, 3.8) is 0 Å². The lowest BCUT2D eigenvalue weighted by atomic mass is 10.0.